The molecule has 2 aromatic rings. The van der Waals surface area contributed by atoms with E-state index in [4.69, 9.17) is 9.52 Å². The lowest BCUT2D eigenvalue weighted by Gasteiger charge is -1.93. The Labute approximate surface area is 85.8 Å². The number of fused-ring (bicyclic) bond motifs is 1. The number of carboxylic acids is 1. The maximum atomic E-state index is 10.9. The van der Waals surface area contributed by atoms with Crippen molar-refractivity contribution in [3.8, 4) is 0 Å². The molecule has 0 atom stereocenters. The molecular formula is C10H10N2O3. The molecule has 0 saturated carbocycles. The molecule has 5 nitrogen and oxygen atoms in total. The molecule has 2 aromatic heterocycles. The fourth-order valence-corrected chi connectivity index (χ4v) is 1.27. The Hall–Kier alpha value is -1.91. The number of oxazole rings is 1. The smallest absolute Gasteiger partial charge is 0.338 e. The lowest BCUT2D eigenvalue weighted by atomic mass is 10.2. The number of carbonyl (C=O) groups is 1. The third-order valence-electron chi connectivity index (χ3n) is 2.04. The van der Waals surface area contributed by atoms with Crippen LogP contribution >= 0.6 is 0 Å². The zero-order chi connectivity index (χ0) is 11.0. The second kappa shape index (κ2) is 3.34. The van der Waals surface area contributed by atoms with Crippen molar-refractivity contribution in [1.29, 1.82) is 0 Å². The van der Waals surface area contributed by atoms with Crippen molar-refractivity contribution in [2.24, 2.45) is 0 Å². The van der Waals surface area contributed by atoms with Crippen LogP contribution in [0.15, 0.2) is 16.7 Å². The summed E-state index contributed by atoms with van der Waals surface area (Å²) in [5.41, 5.74) is 0.711. The highest BCUT2D eigenvalue weighted by molar-refractivity contribution is 5.99. The van der Waals surface area contributed by atoms with Gasteiger partial charge in [0.1, 0.15) is 5.52 Å². The number of rotatable bonds is 2. The molecule has 0 aliphatic rings. The van der Waals surface area contributed by atoms with Crippen molar-refractivity contribution in [1.82, 2.24) is 9.97 Å². The molecule has 0 saturated heterocycles. The van der Waals surface area contributed by atoms with Crippen LogP contribution in [0, 0.1) is 0 Å². The van der Waals surface area contributed by atoms with Gasteiger partial charge < -0.3 is 9.52 Å². The summed E-state index contributed by atoms with van der Waals surface area (Å²) in [6.45, 7) is 3.84. The highest BCUT2D eigenvalue weighted by Crippen LogP contribution is 2.21. The molecule has 0 aliphatic carbocycles. The third-order valence-corrected chi connectivity index (χ3v) is 2.04. The van der Waals surface area contributed by atoms with E-state index >= 15 is 0 Å². The summed E-state index contributed by atoms with van der Waals surface area (Å²) in [6.07, 6.45) is 1.40. The summed E-state index contributed by atoms with van der Waals surface area (Å²) in [5, 5.41) is 8.92. The Morgan fingerprint density at radius 1 is 1.53 bits per heavy atom. The van der Waals surface area contributed by atoms with Gasteiger partial charge in [-0.3, -0.25) is 0 Å². The highest BCUT2D eigenvalue weighted by Gasteiger charge is 2.16. The first kappa shape index (κ1) is 9.64. The summed E-state index contributed by atoms with van der Waals surface area (Å²) < 4.78 is 5.33. The number of aromatic nitrogens is 2. The standard InChI is InChI=1S/C10H10N2O3/c1-5(2)8-12-7-6(10(13)14)3-4-11-9(7)15-8/h3-5H,1-2H3,(H,13,14). The summed E-state index contributed by atoms with van der Waals surface area (Å²) in [6, 6.07) is 1.41. The van der Waals surface area contributed by atoms with Crippen LogP contribution in [0.4, 0.5) is 0 Å². The lowest BCUT2D eigenvalue weighted by Crippen LogP contribution is -1.97. The number of pyridine rings is 1. The Bertz CT molecular complexity index is 516. The van der Waals surface area contributed by atoms with E-state index in [-0.39, 0.29) is 17.2 Å². The molecule has 78 valence electrons. The molecule has 0 bridgehead atoms. The van der Waals surface area contributed by atoms with Gasteiger partial charge in [-0.15, -0.1) is 0 Å². The molecule has 0 spiro atoms. The van der Waals surface area contributed by atoms with Gasteiger partial charge in [0.2, 0.25) is 5.71 Å². The van der Waals surface area contributed by atoms with Gasteiger partial charge in [-0.25, -0.2) is 14.8 Å². The van der Waals surface area contributed by atoms with E-state index in [1.165, 1.54) is 12.3 Å². The van der Waals surface area contributed by atoms with Gasteiger partial charge in [0.25, 0.3) is 0 Å². The zero-order valence-electron chi connectivity index (χ0n) is 8.39. The largest absolute Gasteiger partial charge is 0.478 e. The molecule has 0 aromatic carbocycles. The fraction of sp³-hybridized carbons (Fsp3) is 0.300. The SMILES string of the molecule is CC(C)c1nc2c(C(=O)O)ccnc2o1. The van der Waals surface area contributed by atoms with Gasteiger partial charge in [0.15, 0.2) is 5.89 Å². The van der Waals surface area contributed by atoms with Gasteiger partial charge in [-0.05, 0) is 6.07 Å². The minimum absolute atomic E-state index is 0.112. The minimum Gasteiger partial charge on any atom is -0.478 e. The van der Waals surface area contributed by atoms with Crippen molar-refractivity contribution in [3.05, 3.63) is 23.7 Å². The molecule has 15 heavy (non-hydrogen) atoms. The van der Waals surface area contributed by atoms with Crippen LogP contribution in [0.25, 0.3) is 11.2 Å². The quantitative estimate of drug-likeness (QED) is 0.813. The molecule has 0 fully saturated rings. The highest BCUT2D eigenvalue weighted by atomic mass is 16.4. The first-order chi connectivity index (χ1) is 7.09. The second-order valence-corrected chi connectivity index (χ2v) is 3.52. The van der Waals surface area contributed by atoms with Gasteiger partial charge in [0, 0.05) is 12.1 Å². The normalized spacial score (nSPS) is 11.1. The van der Waals surface area contributed by atoms with Crippen molar-refractivity contribution >= 4 is 17.2 Å². The summed E-state index contributed by atoms with van der Waals surface area (Å²) in [5.74, 6) is -0.405. The molecule has 0 unspecified atom stereocenters. The van der Waals surface area contributed by atoms with Crippen LogP contribution in [-0.2, 0) is 0 Å². The fourth-order valence-electron chi connectivity index (χ4n) is 1.27. The Kier molecular flexibility index (Phi) is 2.15. The summed E-state index contributed by atoms with van der Waals surface area (Å²) in [7, 11) is 0. The monoisotopic (exact) mass is 206 g/mol. The van der Waals surface area contributed by atoms with Crippen molar-refractivity contribution < 1.29 is 14.3 Å². The Morgan fingerprint density at radius 2 is 2.27 bits per heavy atom. The zero-order valence-corrected chi connectivity index (χ0v) is 8.39. The van der Waals surface area contributed by atoms with Crippen LogP contribution in [-0.4, -0.2) is 21.0 Å². The van der Waals surface area contributed by atoms with Gasteiger partial charge in [-0.2, -0.15) is 0 Å². The molecule has 5 heteroatoms. The predicted octanol–water partition coefficient (Wildman–Crippen LogP) is 2.04. The van der Waals surface area contributed by atoms with E-state index in [2.05, 4.69) is 9.97 Å². The number of aromatic carboxylic acids is 1. The Morgan fingerprint density at radius 3 is 2.87 bits per heavy atom. The molecule has 0 radical (unpaired) electrons. The third kappa shape index (κ3) is 1.56. The molecular weight excluding hydrogens is 196 g/mol. The molecule has 1 N–H and O–H groups in total. The average molecular weight is 206 g/mol. The van der Waals surface area contributed by atoms with Crippen LogP contribution < -0.4 is 0 Å². The summed E-state index contributed by atoms with van der Waals surface area (Å²) >= 11 is 0. The topological polar surface area (TPSA) is 76.2 Å². The first-order valence-corrected chi connectivity index (χ1v) is 4.58. The number of carboxylic acid groups (broad SMARTS) is 1. The number of nitrogens with zero attached hydrogens (tertiary/aromatic N) is 2. The molecule has 0 amide bonds. The van der Waals surface area contributed by atoms with Crippen molar-refractivity contribution in [2.75, 3.05) is 0 Å². The van der Waals surface area contributed by atoms with E-state index < -0.39 is 5.97 Å². The van der Waals surface area contributed by atoms with E-state index in [1.54, 1.807) is 0 Å². The second-order valence-electron chi connectivity index (χ2n) is 3.52. The molecule has 2 rings (SSSR count). The van der Waals surface area contributed by atoms with Gasteiger partial charge in [0.05, 0.1) is 5.56 Å². The minimum atomic E-state index is -1.02. The lowest BCUT2D eigenvalue weighted by molar-refractivity contribution is 0.0698. The van der Waals surface area contributed by atoms with Crippen LogP contribution in [0.2, 0.25) is 0 Å². The van der Waals surface area contributed by atoms with Crippen molar-refractivity contribution in [3.63, 3.8) is 0 Å². The van der Waals surface area contributed by atoms with E-state index in [1.807, 2.05) is 13.8 Å². The van der Waals surface area contributed by atoms with E-state index in [0.29, 0.717) is 11.4 Å². The average Bonchev–Trinajstić information content (AvgIpc) is 2.60. The molecule has 2 heterocycles. The van der Waals surface area contributed by atoms with Crippen LogP contribution in [0.1, 0.15) is 36.0 Å². The van der Waals surface area contributed by atoms with Gasteiger partial charge in [-0.1, -0.05) is 13.8 Å². The van der Waals surface area contributed by atoms with Crippen LogP contribution in [0.5, 0.6) is 0 Å². The number of hydrogen-bond donors (Lipinski definition) is 1. The Balaban J connectivity index is 2.70. The van der Waals surface area contributed by atoms with Crippen molar-refractivity contribution in [2.45, 2.75) is 19.8 Å². The predicted molar refractivity (Wildman–Crippen MR) is 52.9 cm³/mol. The maximum absolute atomic E-state index is 10.9. The summed E-state index contributed by atoms with van der Waals surface area (Å²) in [4.78, 5) is 18.9. The maximum Gasteiger partial charge on any atom is 0.338 e. The van der Waals surface area contributed by atoms with Crippen LogP contribution in [0.3, 0.4) is 0 Å². The number of hydrogen-bond acceptors (Lipinski definition) is 4. The molecule has 0 aliphatic heterocycles. The first-order valence-electron chi connectivity index (χ1n) is 4.58. The van der Waals surface area contributed by atoms with E-state index in [0.717, 1.165) is 0 Å². The van der Waals surface area contributed by atoms with E-state index in [9.17, 15) is 4.79 Å². The van der Waals surface area contributed by atoms with Gasteiger partial charge >= 0.3 is 5.97 Å².